The van der Waals surface area contributed by atoms with E-state index in [4.69, 9.17) is 0 Å². The van der Waals surface area contributed by atoms with Crippen molar-refractivity contribution >= 4 is 34.5 Å². The number of halogens is 3. The molecule has 0 saturated carbocycles. The fraction of sp³-hybridized carbons (Fsp3) is 0.550. The van der Waals surface area contributed by atoms with Gasteiger partial charge in [-0.05, 0) is 36.8 Å². The SMILES string of the molecule is CCCC(NC(=O)CC(O)(c1nc(C)cs1)C(F)(F)F)C(=O)N1CCc2sccc2C1. The van der Waals surface area contributed by atoms with Gasteiger partial charge in [0.05, 0.1) is 6.42 Å². The molecular formula is C20H24F3N3O3S2. The van der Waals surface area contributed by atoms with E-state index < -0.39 is 35.2 Å². The van der Waals surface area contributed by atoms with E-state index >= 15 is 0 Å². The van der Waals surface area contributed by atoms with Gasteiger partial charge in [-0.15, -0.1) is 22.7 Å². The topological polar surface area (TPSA) is 82.5 Å². The fourth-order valence-electron chi connectivity index (χ4n) is 3.52. The number of carbonyl (C=O) groups is 2. The second kappa shape index (κ2) is 9.25. The van der Waals surface area contributed by atoms with Crippen molar-refractivity contribution in [3.63, 3.8) is 0 Å². The van der Waals surface area contributed by atoms with Crippen molar-refractivity contribution in [2.45, 2.75) is 63.9 Å². The molecule has 2 amide bonds. The van der Waals surface area contributed by atoms with Gasteiger partial charge in [0, 0.05) is 29.0 Å². The highest BCUT2D eigenvalue weighted by molar-refractivity contribution is 7.10. The van der Waals surface area contributed by atoms with Crippen molar-refractivity contribution in [3.8, 4) is 0 Å². The van der Waals surface area contributed by atoms with Crippen LogP contribution in [0.5, 0.6) is 0 Å². The molecule has 2 unspecified atom stereocenters. The van der Waals surface area contributed by atoms with Crippen LogP contribution in [-0.4, -0.2) is 45.6 Å². The van der Waals surface area contributed by atoms with E-state index in [2.05, 4.69) is 10.3 Å². The number of amides is 2. The minimum Gasteiger partial charge on any atom is -0.374 e. The first-order valence-corrected chi connectivity index (χ1v) is 11.7. The average Bonchev–Trinajstić information content (AvgIpc) is 3.34. The molecule has 1 aliphatic rings. The number of nitrogens with zero attached hydrogens (tertiary/aromatic N) is 2. The molecule has 0 radical (unpaired) electrons. The van der Waals surface area contributed by atoms with E-state index in [-0.39, 0.29) is 5.91 Å². The largest absolute Gasteiger partial charge is 0.424 e. The second-order valence-corrected chi connectivity index (χ2v) is 9.48. The Morgan fingerprint density at radius 3 is 2.71 bits per heavy atom. The van der Waals surface area contributed by atoms with E-state index in [1.165, 1.54) is 17.2 Å². The number of carbonyl (C=O) groups excluding carboxylic acids is 2. The number of nitrogens with one attached hydrogen (secondary N) is 1. The Labute approximate surface area is 186 Å². The maximum absolute atomic E-state index is 13.7. The minimum absolute atomic E-state index is 0.290. The van der Waals surface area contributed by atoms with Gasteiger partial charge in [0.25, 0.3) is 0 Å². The molecule has 1 aliphatic heterocycles. The third kappa shape index (κ3) is 5.09. The number of aromatic nitrogens is 1. The molecule has 0 spiro atoms. The monoisotopic (exact) mass is 475 g/mol. The number of thiazole rings is 1. The van der Waals surface area contributed by atoms with Gasteiger partial charge in [-0.2, -0.15) is 13.2 Å². The lowest BCUT2D eigenvalue weighted by Crippen LogP contribution is -2.52. The molecular weight excluding hydrogens is 451 g/mol. The quantitative estimate of drug-likeness (QED) is 0.642. The van der Waals surface area contributed by atoms with Crippen LogP contribution in [0.3, 0.4) is 0 Å². The highest BCUT2D eigenvalue weighted by Crippen LogP contribution is 2.42. The zero-order valence-electron chi connectivity index (χ0n) is 17.2. The Bertz CT molecular complexity index is 943. The first kappa shape index (κ1) is 23.7. The number of hydrogen-bond acceptors (Lipinski definition) is 6. The smallest absolute Gasteiger partial charge is 0.374 e. The van der Waals surface area contributed by atoms with Crippen molar-refractivity contribution in [2.75, 3.05) is 6.54 Å². The standard InChI is InChI=1S/C20H24F3N3O3S2/c1-3-4-14(17(28)26-7-5-15-13(10-26)6-8-30-15)25-16(27)9-19(29,20(21,22)23)18-24-12(2)11-31-18/h6,8,11,14,29H,3-5,7,9-10H2,1-2H3,(H,25,27). The number of aliphatic hydroxyl groups is 1. The molecule has 2 N–H and O–H groups in total. The van der Waals surface area contributed by atoms with E-state index in [1.807, 2.05) is 18.4 Å². The first-order chi connectivity index (χ1) is 14.5. The van der Waals surface area contributed by atoms with Gasteiger partial charge in [-0.3, -0.25) is 9.59 Å². The van der Waals surface area contributed by atoms with E-state index in [9.17, 15) is 27.9 Å². The summed E-state index contributed by atoms with van der Waals surface area (Å²) in [6, 6.07) is 1.000. The summed E-state index contributed by atoms with van der Waals surface area (Å²) in [6.07, 6.45) is -4.79. The molecule has 0 aromatic carbocycles. The predicted molar refractivity (Wildman–Crippen MR) is 112 cm³/mol. The number of aryl methyl sites for hydroxylation is 1. The number of fused-ring (bicyclic) bond motifs is 1. The van der Waals surface area contributed by atoms with Gasteiger partial charge in [-0.25, -0.2) is 4.98 Å². The summed E-state index contributed by atoms with van der Waals surface area (Å²) in [6.45, 7) is 4.24. The van der Waals surface area contributed by atoms with Crippen molar-refractivity contribution in [3.05, 3.63) is 38.0 Å². The Morgan fingerprint density at radius 1 is 1.35 bits per heavy atom. The predicted octanol–water partition coefficient (Wildman–Crippen LogP) is 3.52. The molecule has 6 nitrogen and oxygen atoms in total. The van der Waals surface area contributed by atoms with E-state index in [0.717, 1.165) is 5.56 Å². The maximum Gasteiger partial charge on any atom is 0.424 e. The lowest BCUT2D eigenvalue weighted by Gasteiger charge is -2.32. The van der Waals surface area contributed by atoms with E-state index in [0.29, 0.717) is 49.4 Å². The third-order valence-corrected chi connectivity index (χ3v) is 7.32. The van der Waals surface area contributed by atoms with Gasteiger partial charge in [0.15, 0.2) is 0 Å². The molecule has 0 saturated heterocycles. The van der Waals surface area contributed by atoms with Crippen LogP contribution in [0.2, 0.25) is 0 Å². The summed E-state index contributed by atoms with van der Waals surface area (Å²) in [7, 11) is 0. The molecule has 0 fully saturated rings. The summed E-state index contributed by atoms with van der Waals surface area (Å²) < 4.78 is 41.0. The zero-order valence-corrected chi connectivity index (χ0v) is 18.8. The Kier molecular flexibility index (Phi) is 7.07. The van der Waals surface area contributed by atoms with Gasteiger partial charge in [0.1, 0.15) is 11.0 Å². The van der Waals surface area contributed by atoms with Crippen LogP contribution in [0.25, 0.3) is 0 Å². The summed E-state index contributed by atoms with van der Waals surface area (Å²) in [4.78, 5) is 32.1. The summed E-state index contributed by atoms with van der Waals surface area (Å²) in [5.41, 5.74) is -2.04. The molecule has 2 aromatic heterocycles. The summed E-state index contributed by atoms with van der Waals surface area (Å²) in [5, 5.41) is 15.6. The Balaban J connectivity index is 1.73. The highest BCUT2D eigenvalue weighted by atomic mass is 32.1. The van der Waals surface area contributed by atoms with Crippen LogP contribution < -0.4 is 5.32 Å². The molecule has 170 valence electrons. The molecule has 0 bridgehead atoms. The van der Waals surface area contributed by atoms with Crippen LogP contribution >= 0.6 is 22.7 Å². The molecule has 3 heterocycles. The lowest BCUT2D eigenvalue weighted by atomic mass is 9.98. The van der Waals surface area contributed by atoms with Gasteiger partial charge >= 0.3 is 6.18 Å². The molecule has 3 rings (SSSR count). The van der Waals surface area contributed by atoms with Gasteiger partial charge in [0.2, 0.25) is 17.4 Å². The van der Waals surface area contributed by atoms with E-state index in [1.54, 1.807) is 16.2 Å². The molecule has 0 aliphatic carbocycles. The lowest BCUT2D eigenvalue weighted by molar-refractivity contribution is -0.267. The van der Waals surface area contributed by atoms with Crippen molar-refractivity contribution in [1.29, 1.82) is 0 Å². The average molecular weight is 476 g/mol. The minimum atomic E-state index is -5.10. The Morgan fingerprint density at radius 2 is 2.10 bits per heavy atom. The van der Waals surface area contributed by atoms with Gasteiger partial charge < -0.3 is 15.3 Å². The van der Waals surface area contributed by atoms with Crippen LogP contribution in [0.15, 0.2) is 16.8 Å². The third-order valence-electron chi connectivity index (χ3n) is 5.19. The normalized spacial score (nSPS) is 17.0. The van der Waals surface area contributed by atoms with Crippen molar-refractivity contribution in [2.24, 2.45) is 0 Å². The summed E-state index contributed by atoms with van der Waals surface area (Å²) >= 11 is 2.27. The number of rotatable bonds is 7. The van der Waals surface area contributed by atoms with Crippen LogP contribution in [0, 0.1) is 6.92 Å². The molecule has 2 atom stereocenters. The Hall–Kier alpha value is -1.98. The molecule has 31 heavy (non-hydrogen) atoms. The second-order valence-electron chi connectivity index (χ2n) is 7.62. The number of thiophene rings is 1. The van der Waals surface area contributed by atoms with Crippen LogP contribution in [-0.2, 0) is 28.2 Å². The maximum atomic E-state index is 13.7. The molecule has 2 aromatic rings. The van der Waals surface area contributed by atoms with Crippen molar-refractivity contribution < 1.29 is 27.9 Å². The zero-order chi connectivity index (χ0) is 22.8. The number of hydrogen-bond donors (Lipinski definition) is 2. The fourth-order valence-corrected chi connectivity index (χ4v) is 5.33. The number of alkyl halides is 3. The van der Waals surface area contributed by atoms with Crippen LogP contribution in [0.1, 0.15) is 47.3 Å². The molecule has 11 heteroatoms. The van der Waals surface area contributed by atoms with Crippen LogP contribution in [0.4, 0.5) is 13.2 Å². The van der Waals surface area contributed by atoms with Gasteiger partial charge in [-0.1, -0.05) is 13.3 Å². The first-order valence-electron chi connectivity index (χ1n) is 9.90. The summed E-state index contributed by atoms with van der Waals surface area (Å²) in [5.74, 6) is -1.37. The van der Waals surface area contributed by atoms with Crippen molar-refractivity contribution in [1.82, 2.24) is 15.2 Å². The highest BCUT2D eigenvalue weighted by Gasteiger charge is 2.58.